The van der Waals surface area contributed by atoms with Crippen LogP contribution in [0.25, 0.3) is 0 Å². The van der Waals surface area contributed by atoms with Gasteiger partial charge in [-0.2, -0.15) is 0 Å². The van der Waals surface area contributed by atoms with Gasteiger partial charge < -0.3 is 14.8 Å². The van der Waals surface area contributed by atoms with Gasteiger partial charge in [0.15, 0.2) is 0 Å². The predicted molar refractivity (Wildman–Crippen MR) is 106 cm³/mol. The molecule has 1 aromatic rings. The maximum absolute atomic E-state index is 11.7. The number of hydrogen-bond donors (Lipinski definition) is 1. The number of likely N-dealkylation sites (N-methyl/N-ethyl adjacent to an activating group) is 1. The number of carbonyl (C=O) groups is 1. The summed E-state index contributed by atoms with van der Waals surface area (Å²) in [7, 11) is 2.20. The van der Waals surface area contributed by atoms with E-state index >= 15 is 0 Å². The topological polar surface area (TPSA) is 54.0 Å². The summed E-state index contributed by atoms with van der Waals surface area (Å²) in [4.78, 5) is 16.7. The van der Waals surface area contributed by atoms with Crippen LogP contribution in [0, 0.1) is 0 Å². The molecular formula is C21H33N3O3. The van der Waals surface area contributed by atoms with Crippen LogP contribution in [0.4, 0.5) is 0 Å². The van der Waals surface area contributed by atoms with E-state index in [1.54, 1.807) is 0 Å². The van der Waals surface area contributed by atoms with Crippen molar-refractivity contribution >= 4 is 5.91 Å². The SMILES string of the molecule is CCCOc1ccc(OCCN2CCN(C)[C@@]3(CCNC(=O)CC3)C2)cc1. The molecule has 0 radical (unpaired) electrons. The Kier molecular flexibility index (Phi) is 6.96. The molecule has 0 aliphatic carbocycles. The first kappa shape index (κ1) is 20.0. The van der Waals surface area contributed by atoms with Gasteiger partial charge in [-0.1, -0.05) is 6.92 Å². The molecule has 1 aromatic carbocycles. The van der Waals surface area contributed by atoms with Crippen molar-refractivity contribution in [2.75, 3.05) is 53.0 Å². The molecule has 1 atom stereocenters. The number of nitrogens with zero attached hydrogens (tertiary/aromatic N) is 2. The minimum Gasteiger partial charge on any atom is -0.494 e. The van der Waals surface area contributed by atoms with E-state index in [1.807, 2.05) is 24.3 Å². The maximum atomic E-state index is 11.7. The molecule has 6 nitrogen and oxygen atoms in total. The molecule has 2 fully saturated rings. The molecule has 27 heavy (non-hydrogen) atoms. The number of piperazine rings is 1. The maximum Gasteiger partial charge on any atom is 0.220 e. The first-order valence-corrected chi connectivity index (χ1v) is 10.2. The predicted octanol–water partition coefficient (Wildman–Crippen LogP) is 2.14. The van der Waals surface area contributed by atoms with E-state index in [0.717, 1.165) is 70.1 Å². The fraction of sp³-hybridized carbons (Fsp3) is 0.667. The lowest BCUT2D eigenvalue weighted by Gasteiger charge is -2.49. The molecule has 0 unspecified atom stereocenters. The van der Waals surface area contributed by atoms with Gasteiger partial charge in [0.2, 0.25) is 5.91 Å². The molecule has 0 saturated carbocycles. The van der Waals surface area contributed by atoms with Crippen molar-refractivity contribution in [1.82, 2.24) is 15.1 Å². The van der Waals surface area contributed by atoms with Crippen LogP contribution in [-0.4, -0.2) is 74.2 Å². The molecular weight excluding hydrogens is 342 g/mol. The summed E-state index contributed by atoms with van der Waals surface area (Å²) in [5.74, 6) is 1.96. The summed E-state index contributed by atoms with van der Waals surface area (Å²) >= 11 is 0. The zero-order chi connectivity index (χ0) is 19.1. The second-order valence-corrected chi connectivity index (χ2v) is 7.69. The highest BCUT2D eigenvalue weighted by molar-refractivity contribution is 5.76. The van der Waals surface area contributed by atoms with Crippen LogP contribution in [0.15, 0.2) is 24.3 Å². The van der Waals surface area contributed by atoms with Crippen LogP contribution in [0.1, 0.15) is 32.6 Å². The molecule has 1 amide bonds. The van der Waals surface area contributed by atoms with Crippen LogP contribution < -0.4 is 14.8 Å². The standard InChI is InChI=1S/C21H33N3O3/c1-3-15-26-18-4-6-19(7-5-18)27-16-14-24-13-12-23(2)21(17-24)9-8-20(25)22-11-10-21/h4-7H,3,8-17H2,1-2H3,(H,22,25)/t21-/m0/s1. The van der Waals surface area contributed by atoms with Gasteiger partial charge in [-0.25, -0.2) is 0 Å². The van der Waals surface area contributed by atoms with Crippen LogP contribution in [0.5, 0.6) is 11.5 Å². The van der Waals surface area contributed by atoms with E-state index in [-0.39, 0.29) is 11.4 Å². The quantitative estimate of drug-likeness (QED) is 0.791. The van der Waals surface area contributed by atoms with E-state index in [4.69, 9.17) is 9.47 Å². The minimum absolute atomic E-state index is 0.107. The van der Waals surface area contributed by atoms with E-state index in [9.17, 15) is 4.79 Å². The second-order valence-electron chi connectivity index (χ2n) is 7.69. The third-order valence-corrected chi connectivity index (χ3v) is 5.78. The number of carbonyl (C=O) groups excluding carboxylic acids is 1. The third kappa shape index (κ3) is 5.36. The van der Waals surface area contributed by atoms with E-state index in [1.165, 1.54) is 0 Å². The Labute approximate surface area is 162 Å². The highest BCUT2D eigenvalue weighted by atomic mass is 16.5. The fourth-order valence-corrected chi connectivity index (χ4v) is 4.01. The monoisotopic (exact) mass is 375 g/mol. The van der Waals surface area contributed by atoms with Gasteiger partial charge in [-0.3, -0.25) is 14.6 Å². The van der Waals surface area contributed by atoms with Crippen molar-refractivity contribution in [3.8, 4) is 11.5 Å². The Bertz CT molecular complexity index is 607. The van der Waals surface area contributed by atoms with Crippen molar-refractivity contribution in [2.45, 2.75) is 38.1 Å². The van der Waals surface area contributed by atoms with Crippen LogP contribution in [-0.2, 0) is 4.79 Å². The molecule has 1 spiro atoms. The third-order valence-electron chi connectivity index (χ3n) is 5.78. The normalized spacial score (nSPS) is 24.4. The summed E-state index contributed by atoms with van der Waals surface area (Å²) in [5.41, 5.74) is 0.107. The molecule has 3 rings (SSSR count). The Hall–Kier alpha value is -1.79. The number of hydrogen-bond acceptors (Lipinski definition) is 5. The van der Waals surface area contributed by atoms with Crippen LogP contribution in [0.2, 0.25) is 0 Å². The van der Waals surface area contributed by atoms with Gasteiger partial charge in [0.25, 0.3) is 0 Å². The Balaban J connectivity index is 1.47. The molecule has 2 aliphatic rings. The van der Waals surface area contributed by atoms with Crippen molar-refractivity contribution in [2.24, 2.45) is 0 Å². The van der Waals surface area contributed by atoms with Gasteiger partial charge in [0.05, 0.1) is 6.61 Å². The van der Waals surface area contributed by atoms with Crippen molar-refractivity contribution in [1.29, 1.82) is 0 Å². The fourth-order valence-electron chi connectivity index (χ4n) is 4.01. The Morgan fingerprint density at radius 3 is 2.48 bits per heavy atom. The first-order valence-electron chi connectivity index (χ1n) is 10.2. The molecule has 2 heterocycles. The molecule has 1 N–H and O–H groups in total. The summed E-state index contributed by atoms with van der Waals surface area (Å²) in [6.07, 6.45) is 3.59. The summed E-state index contributed by atoms with van der Waals surface area (Å²) in [6.45, 7) is 8.29. The molecule has 2 saturated heterocycles. The van der Waals surface area contributed by atoms with Crippen LogP contribution >= 0.6 is 0 Å². The molecule has 2 aliphatic heterocycles. The lowest BCUT2D eigenvalue weighted by Crippen LogP contribution is -2.61. The molecule has 0 bridgehead atoms. The number of rotatable bonds is 7. The molecule has 6 heteroatoms. The van der Waals surface area contributed by atoms with E-state index in [0.29, 0.717) is 13.0 Å². The zero-order valence-corrected chi connectivity index (χ0v) is 16.7. The minimum atomic E-state index is 0.107. The second kappa shape index (κ2) is 9.42. The van der Waals surface area contributed by atoms with E-state index in [2.05, 4.69) is 29.1 Å². The zero-order valence-electron chi connectivity index (χ0n) is 16.7. The smallest absolute Gasteiger partial charge is 0.220 e. The molecule has 0 aromatic heterocycles. The summed E-state index contributed by atoms with van der Waals surface area (Å²) < 4.78 is 11.5. The molecule has 150 valence electrons. The number of benzene rings is 1. The largest absolute Gasteiger partial charge is 0.494 e. The van der Waals surface area contributed by atoms with Gasteiger partial charge >= 0.3 is 0 Å². The van der Waals surface area contributed by atoms with Crippen molar-refractivity contribution < 1.29 is 14.3 Å². The highest BCUT2D eigenvalue weighted by Gasteiger charge is 2.40. The van der Waals surface area contributed by atoms with Crippen molar-refractivity contribution in [3.05, 3.63) is 24.3 Å². The van der Waals surface area contributed by atoms with Gasteiger partial charge in [0, 0.05) is 44.7 Å². The summed E-state index contributed by atoms with van der Waals surface area (Å²) in [5, 5.41) is 3.01. The van der Waals surface area contributed by atoms with E-state index < -0.39 is 0 Å². The number of nitrogens with one attached hydrogen (secondary N) is 1. The number of ether oxygens (including phenoxy) is 2. The average molecular weight is 376 g/mol. The first-order chi connectivity index (χ1) is 13.1. The Morgan fingerprint density at radius 2 is 1.78 bits per heavy atom. The van der Waals surface area contributed by atoms with Crippen molar-refractivity contribution in [3.63, 3.8) is 0 Å². The van der Waals surface area contributed by atoms with Crippen LogP contribution in [0.3, 0.4) is 0 Å². The lowest BCUT2D eigenvalue weighted by atomic mass is 9.86. The Morgan fingerprint density at radius 1 is 1.07 bits per heavy atom. The lowest BCUT2D eigenvalue weighted by molar-refractivity contribution is -0.121. The average Bonchev–Trinajstić information content (AvgIpc) is 2.86. The van der Waals surface area contributed by atoms with Gasteiger partial charge in [-0.15, -0.1) is 0 Å². The number of amides is 1. The van der Waals surface area contributed by atoms with Gasteiger partial charge in [0.1, 0.15) is 18.1 Å². The van der Waals surface area contributed by atoms with Gasteiger partial charge in [-0.05, 0) is 50.6 Å². The summed E-state index contributed by atoms with van der Waals surface area (Å²) in [6, 6.07) is 7.87. The highest BCUT2D eigenvalue weighted by Crippen LogP contribution is 2.30.